The minimum absolute atomic E-state index is 0.00785. The van der Waals surface area contributed by atoms with E-state index in [1.807, 2.05) is 38.2 Å². The zero-order chi connectivity index (χ0) is 14.0. The summed E-state index contributed by atoms with van der Waals surface area (Å²) in [6.07, 6.45) is 1.50. The van der Waals surface area contributed by atoms with Crippen LogP contribution in [0.5, 0.6) is 0 Å². The number of rotatable bonds is 4. The van der Waals surface area contributed by atoms with Crippen LogP contribution in [0.3, 0.4) is 0 Å². The average molecular weight is 298 g/mol. The lowest BCUT2D eigenvalue weighted by atomic mass is 10.0. The lowest BCUT2D eigenvalue weighted by Gasteiger charge is -2.12. The van der Waals surface area contributed by atoms with Gasteiger partial charge in [0.15, 0.2) is 0 Å². The van der Waals surface area contributed by atoms with E-state index in [-0.39, 0.29) is 6.04 Å². The van der Waals surface area contributed by atoms with Gasteiger partial charge in [-0.1, -0.05) is 35.3 Å². The van der Waals surface area contributed by atoms with Gasteiger partial charge in [-0.15, -0.1) is 0 Å². The minimum atomic E-state index is 0.00785. The molecule has 2 N–H and O–H groups in total. The largest absolute Gasteiger partial charge is 0.327 e. The number of halogens is 2. The molecule has 5 heteroatoms. The molecule has 0 aliphatic rings. The van der Waals surface area contributed by atoms with Crippen molar-refractivity contribution in [1.29, 1.82) is 0 Å². The van der Waals surface area contributed by atoms with Crippen molar-refractivity contribution in [3.63, 3.8) is 0 Å². The van der Waals surface area contributed by atoms with E-state index in [1.165, 1.54) is 5.56 Å². The normalized spacial score (nSPS) is 12.7. The van der Waals surface area contributed by atoms with Gasteiger partial charge < -0.3 is 5.73 Å². The van der Waals surface area contributed by atoms with Gasteiger partial charge in [0.05, 0.1) is 16.4 Å². The quantitative estimate of drug-likeness (QED) is 0.942. The molecule has 1 heterocycles. The third-order valence-corrected chi connectivity index (χ3v) is 3.87. The Morgan fingerprint density at radius 1 is 1.21 bits per heavy atom. The van der Waals surface area contributed by atoms with E-state index in [0.717, 1.165) is 22.8 Å². The van der Waals surface area contributed by atoms with Crippen molar-refractivity contribution in [2.24, 2.45) is 12.8 Å². The number of aryl methyl sites for hydroxylation is 2. The third kappa shape index (κ3) is 3.50. The highest BCUT2D eigenvalue weighted by molar-refractivity contribution is 6.31. The molecule has 1 aromatic carbocycles. The van der Waals surface area contributed by atoms with Gasteiger partial charge in [-0.2, -0.15) is 5.10 Å². The molecule has 19 heavy (non-hydrogen) atoms. The fourth-order valence-electron chi connectivity index (χ4n) is 2.15. The first-order valence-corrected chi connectivity index (χ1v) is 6.91. The Morgan fingerprint density at radius 3 is 2.37 bits per heavy atom. The highest BCUT2D eigenvalue weighted by Crippen LogP contribution is 2.21. The van der Waals surface area contributed by atoms with Crippen LogP contribution in [0, 0.1) is 6.92 Å². The van der Waals surface area contributed by atoms with Gasteiger partial charge in [-0.25, -0.2) is 0 Å². The smallest absolute Gasteiger partial charge is 0.0847 e. The molecular weight excluding hydrogens is 281 g/mol. The van der Waals surface area contributed by atoms with Crippen LogP contribution in [0.2, 0.25) is 10.0 Å². The van der Waals surface area contributed by atoms with E-state index >= 15 is 0 Å². The van der Waals surface area contributed by atoms with E-state index < -0.39 is 0 Å². The molecule has 1 unspecified atom stereocenters. The number of hydrogen-bond donors (Lipinski definition) is 1. The molecule has 0 spiro atoms. The molecule has 2 aromatic rings. The molecule has 0 aliphatic carbocycles. The zero-order valence-electron chi connectivity index (χ0n) is 11.0. The van der Waals surface area contributed by atoms with Crippen molar-refractivity contribution in [2.75, 3.05) is 0 Å². The van der Waals surface area contributed by atoms with Crippen LogP contribution in [0.4, 0.5) is 0 Å². The summed E-state index contributed by atoms with van der Waals surface area (Å²) in [7, 11) is 1.89. The summed E-state index contributed by atoms with van der Waals surface area (Å²) < 4.78 is 1.80. The molecule has 0 bridgehead atoms. The van der Waals surface area contributed by atoms with Crippen molar-refractivity contribution in [2.45, 2.75) is 25.8 Å². The summed E-state index contributed by atoms with van der Waals surface area (Å²) in [5, 5.41) is 5.75. The van der Waals surface area contributed by atoms with Gasteiger partial charge >= 0.3 is 0 Å². The zero-order valence-corrected chi connectivity index (χ0v) is 12.5. The van der Waals surface area contributed by atoms with Gasteiger partial charge in [-0.3, -0.25) is 4.68 Å². The van der Waals surface area contributed by atoms with Crippen molar-refractivity contribution < 1.29 is 0 Å². The molecular formula is C14H17Cl2N3. The summed E-state index contributed by atoms with van der Waals surface area (Å²) in [6, 6.07) is 7.76. The Labute approximate surface area is 123 Å². The predicted molar refractivity (Wildman–Crippen MR) is 79.8 cm³/mol. The van der Waals surface area contributed by atoms with Crippen LogP contribution in [0.25, 0.3) is 0 Å². The molecule has 1 atom stereocenters. The maximum atomic E-state index is 6.23. The molecule has 1 aromatic heterocycles. The van der Waals surface area contributed by atoms with Crippen molar-refractivity contribution in [3.8, 4) is 0 Å². The van der Waals surface area contributed by atoms with E-state index in [1.54, 1.807) is 4.68 Å². The molecule has 0 radical (unpaired) electrons. The lowest BCUT2D eigenvalue weighted by molar-refractivity contribution is 0.612. The minimum Gasteiger partial charge on any atom is -0.327 e. The number of aromatic nitrogens is 2. The number of nitrogens with zero attached hydrogens (tertiary/aromatic N) is 2. The number of nitrogens with two attached hydrogens (primary N) is 1. The van der Waals surface area contributed by atoms with Gasteiger partial charge in [0, 0.05) is 24.5 Å². The molecule has 2 rings (SSSR count). The standard InChI is InChI=1S/C14H17Cl2N3/c1-9-14(16)13(19(2)18-9)8-12(17)7-10-3-5-11(15)6-4-10/h3-6,12H,7-8,17H2,1-2H3. The maximum Gasteiger partial charge on any atom is 0.0847 e. The Bertz CT molecular complexity index is 561. The monoisotopic (exact) mass is 297 g/mol. The van der Waals surface area contributed by atoms with Crippen molar-refractivity contribution in [1.82, 2.24) is 9.78 Å². The Morgan fingerprint density at radius 2 is 1.84 bits per heavy atom. The molecule has 0 fully saturated rings. The van der Waals surface area contributed by atoms with E-state index in [0.29, 0.717) is 11.4 Å². The van der Waals surface area contributed by atoms with Crippen LogP contribution < -0.4 is 5.73 Å². The maximum absolute atomic E-state index is 6.23. The van der Waals surface area contributed by atoms with Crippen LogP contribution in [0.1, 0.15) is 17.0 Å². The first-order valence-electron chi connectivity index (χ1n) is 6.15. The topological polar surface area (TPSA) is 43.8 Å². The van der Waals surface area contributed by atoms with Gasteiger partial charge in [0.2, 0.25) is 0 Å². The molecule has 3 nitrogen and oxygen atoms in total. The van der Waals surface area contributed by atoms with Crippen molar-refractivity contribution in [3.05, 3.63) is 51.3 Å². The summed E-state index contributed by atoms with van der Waals surface area (Å²) in [6.45, 7) is 1.90. The molecule has 0 saturated carbocycles. The highest BCUT2D eigenvalue weighted by Gasteiger charge is 2.14. The fourth-order valence-corrected chi connectivity index (χ4v) is 2.51. The third-order valence-electron chi connectivity index (χ3n) is 3.13. The molecule has 0 saturated heterocycles. The van der Waals surface area contributed by atoms with Crippen molar-refractivity contribution >= 4 is 23.2 Å². The number of hydrogen-bond acceptors (Lipinski definition) is 2. The Balaban J connectivity index is 2.05. The summed E-state index contributed by atoms with van der Waals surface area (Å²) in [5.74, 6) is 0. The average Bonchev–Trinajstić information content (AvgIpc) is 2.59. The molecule has 0 amide bonds. The SMILES string of the molecule is Cc1nn(C)c(CC(N)Cc2ccc(Cl)cc2)c1Cl. The van der Waals surface area contributed by atoms with Crippen LogP contribution in [0.15, 0.2) is 24.3 Å². The van der Waals surface area contributed by atoms with E-state index in [9.17, 15) is 0 Å². The first kappa shape index (κ1) is 14.4. The van der Waals surface area contributed by atoms with Gasteiger partial charge in [-0.05, 0) is 31.0 Å². The second kappa shape index (κ2) is 5.95. The second-order valence-corrected chi connectivity index (χ2v) is 5.58. The summed E-state index contributed by atoms with van der Waals surface area (Å²) in [4.78, 5) is 0. The predicted octanol–water partition coefficient (Wildman–Crippen LogP) is 3.15. The van der Waals surface area contributed by atoms with E-state index in [2.05, 4.69) is 5.10 Å². The summed E-state index contributed by atoms with van der Waals surface area (Å²) in [5.41, 5.74) is 9.20. The summed E-state index contributed by atoms with van der Waals surface area (Å²) >= 11 is 12.1. The van der Waals surface area contributed by atoms with Gasteiger partial charge in [0.25, 0.3) is 0 Å². The van der Waals surface area contributed by atoms with E-state index in [4.69, 9.17) is 28.9 Å². The highest BCUT2D eigenvalue weighted by atomic mass is 35.5. The van der Waals surface area contributed by atoms with Crippen LogP contribution in [-0.2, 0) is 19.9 Å². The second-order valence-electron chi connectivity index (χ2n) is 4.76. The van der Waals surface area contributed by atoms with Crippen LogP contribution >= 0.6 is 23.2 Å². The first-order chi connectivity index (χ1) is 8.97. The van der Waals surface area contributed by atoms with Crippen LogP contribution in [-0.4, -0.2) is 15.8 Å². The van der Waals surface area contributed by atoms with Gasteiger partial charge in [0.1, 0.15) is 0 Å². The number of benzene rings is 1. The fraction of sp³-hybridized carbons (Fsp3) is 0.357. The lowest BCUT2D eigenvalue weighted by Crippen LogP contribution is -2.26. The Kier molecular flexibility index (Phi) is 4.50. The molecule has 0 aliphatic heterocycles. The Hall–Kier alpha value is -1.03. The molecule has 102 valence electrons.